The van der Waals surface area contributed by atoms with Crippen LogP contribution in [0.2, 0.25) is 0 Å². The van der Waals surface area contributed by atoms with Crippen LogP contribution in [-0.4, -0.2) is 10.9 Å². The molecule has 4 heteroatoms. The zero-order valence-corrected chi connectivity index (χ0v) is 6.14. The Balaban J connectivity index is 3.26. The average molecular weight is 150 g/mol. The van der Waals surface area contributed by atoms with Crippen molar-refractivity contribution in [1.82, 2.24) is 4.98 Å². The number of hydrogen-bond donors (Lipinski definition) is 2. The normalized spacial score (nSPS) is 9.18. The van der Waals surface area contributed by atoms with E-state index >= 15 is 0 Å². The van der Waals surface area contributed by atoms with Gasteiger partial charge >= 0.3 is 5.91 Å². The minimum absolute atomic E-state index is 0.296. The predicted octanol–water partition coefficient (Wildman–Crippen LogP) is -0.423. The first kappa shape index (κ1) is 7.51. The zero-order valence-electron chi connectivity index (χ0n) is 6.14. The first-order valence-electron chi connectivity index (χ1n) is 3.11. The molecule has 0 radical (unpaired) electrons. The van der Waals surface area contributed by atoms with Gasteiger partial charge in [-0.15, -0.1) is 0 Å². The third-order valence-corrected chi connectivity index (χ3v) is 1.35. The van der Waals surface area contributed by atoms with E-state index in [9.17, 15) is 4.79 Å². The van der Waals surface area contributed by atoms with E-state index in [1.165, 1.54) is 0 Å². The Hall–Kier alpha value is -1.60. The molecule has 0 aliphatic carbocycles. The molecular weight excluding hydrogens is 142 g/mol. The van der Waals surface area contributed by atoms with Crippen molar-refractivity contribution in [2.45, 2.75) is 6.92 Å². The summed E-state index contributed by atoms with van der Waals surface area (Å²) < 4.78 is 0. The SMILES string of the molecule is Cc1cc(C#N)c(C([NH3+])=O)[nH]1. The summed E-state index contributed by atoms with van der Waals surface area (Å²) in [6.45, 7) is 1.78. The van der Waals surface area contributed by atoms with Gasteiger partial charge < -0.3 is 4.98 Å². The van der Waals surface area contributed by atoms with Gasteiger partial charge in [-0.2, -0.15) is 5.26 Å². The van der Waals surface area contributed by atoms with Crippen LogP contribution in [0.15, 0.2) is 6.07 Å². The number of hydrogen-bond acceptors (Lipinski definition) is 2. The van der Waals surface area contributed by atoms with E-state index < -0.39 is 0 Å². The van der Waals surface area contributed by atoms with Gasteiger partial charge in [0.2, 0.25) is 0 Å². The molecule has 4 N–H and O–H groups in total. The monoisotopic (exact) mass is 150 g/mol. The van der Waals surface area contributed by atoms with Crippen LogP contribution < -0.4 is 5.73 Å². The lowest BCUT2D eigenvalue weighted by Crippen LogP contribution is -2.57. The number of nitriles is 1. The molecule has 0 saturated heterocycles. The van der Waals surface area contributed by atoms with E-state index in [4.69, 9.17) is 5.26 Å². The molecule has 0 aromatic carbocycles. The minimum Gasteiger partial charge on any atom is -0.350 e. The van der Waals surface area contributed by atoms with Crippen molar-refractivity contribution >= 4 is 5.91 Å². The van der Waals surface area contributed by atoms with Crippen LogP contribution in [0.1, 0.15) is 21.7 Å². The summed E-state index contributed by atoms with van der Waals surface area (Å²) >= 11 is 0. The molecule has 11 heavy (non-hydrogen) atoms. The van der Waals surface area contributed by atoms with Gasteiger partial charge in [0.15, 0.2) is 5.69 Å². The molecule has 0 aliphatic rings. The van der Waals surface area contributed by atoms with Gasteiger partial charge in [0, 0.05) is 5.69 Å². The number of aryl methyl sites for hydroxylation is 1. The lowest BCUT2D eigenvalue weighted by Gasteiger charge is -1.83. The number of aromatic amines is 1. The number of quaternary nitrogens is 1. The van der Waals surface area contributed by atoms with Gasteiger partial charge in [0.25, 0.3) is 0 Å². The number of carbonyl (C=O) groups is 1. The van der Waals surface area contributed by atoms with Crippen molar-refractivity contribution < 1.29 is 10.5 Å². The maximum absolute atomic E-state index is 10.7. The van der Waals surface area contributed by atoms with Crippen LogP contribution in [-0.2, 0) is 0 Å². The van der Waals surface area contributed by atoms with E-state index in [0.29, 0.717) is 11.3 Å². The number of amides is 1. The Morgan fingerprint density at radius 1 is 1.82 bits per heavy atom. The van der Waals surface area contributed by atoms with Crippen LogP contribution in [0.5, 0.6) is 0 Å². The summed E-state index contributed by atoms with van der Waals surface area (Å²) in [5.41, 5.74) is 4.67. The van der Waals surface area contributed by atoms with Crippen LogP contribution in [0.4, 0.5) is 0 Å². The lowest BCUT2D eigenvalue weighted by molar-refractivity contribution is -0.255. The summed E-state index contributed by atoms with van der Waals surface area (Å²) in [6, 6.07) is 3.53. The average Bonchev–Trinajstić information content (AvgIpc) is 2.30. The fourth-order valence-corrected chi connectivity index (χ4v) is 0.897. The molecular formula is C7H8N3O+. The maximum Gasteiger partial charge on any atom is 0.358 e. The highest BCUT2D eigenvalue weighted by Crippen LogP contribution is 2.06. The molecule has 1 amide bonds. The predicted molar refractivity (Wildman–Crippen MR) is 37.5 cm³/mol. The molecule has 0 aliphatic heterocycles. The van der Waals surface area contributed by atoms with Crippen molar-refractivity contribution in [2.24, 2.45) is 0 Å². The third kappa shape index (κ3) is 1.28. The molecule has 0 atom stereocenters. The largest absolute Gasteiger partial charge is 0.358 e. The molecule has 56 valence electrons. The molecule has 0 spiro atoms. The number of nitrogens with zero attached hydrogens (tertiary/aromatic N) is 1. The number of rotatable bonds is 1. The highest BCUT2D eigenvalue weighted by atomic mass is 16.1. The van der Waals surface area contributed by atoms with E-state index in [1.807, 2.05) is 6.07 Å². The molecule has 1 aromatic heterocycles. The quantitative estimate of drug-likeness (QED) is 0.569. The van der Waals surface area contributed by atoms with Crippen molar-refractivity contribution in [3.63, 3.8) is 0 Å². The van der Waals surface area contributed by atoms with E-state index in [2.05, 4.69) is 10.7 Å². The second-order valence-corrected chi connectivity index (χ2v) is 2.28. The Bertz CT molecular complexity index is 332. The van der Waals surface area contributed by atoms with Crippen molar-refractivity contribution in [3.8, 4) is 6.07 Å². The Morgan fingerprint density at radius 2 is 2.45 bits per heavy atom. The molecule has 0 fully saturated rings. The van der Waals surface area contributed by atoms with Crippen LogP contribution in [0, 0.1) is 18.3 Å². The molecule has 1 rings (SSSR count). The first-order valence-corrected chi connectivity index (χ1v) is 3.11. The van der Waals surface area contributed by atoms with Crippen LogP contribution >= 0.6 is 0 Å². The zero-order chi connectivity index (χ0) is 8.43. The molecule has 0 bridgehead atoms. The van der Waals surface area contributed by atoms with Crippen molar-refractivity contribution in [2.75, 3.05) is 0 Å². The number of carbonyl (C=O) groups excluding carboxylic acids is 1. The Labute approximate surface area is 63.6 Å². The summed E-state index contributed by atoms with van der Waals surface area (Å²) in [5.74, 6) is -0.352. The molecule has 0 saturated carbocycles. The number of nitrogens with one attached hydrogen (secondary N) is 1. The molecule has 0 unspecified atom stereocenters. The summed E-state index contributed by atoms with van der Waals surface area (Å²) in [4.78, 5) is 13.5. The Morgan fingerprint density at radius 3 is 2.82 bits per heavy atom. The number of aromatic nitrogens is 1. The van der Waals surface area contributed by atoms with E-state index in [1.54, 1.807) is 13.0 Å². The summed E-state index contributed by atoms with van der Waals surface area (Å²) in [7, 11) is 0. The van der Waals surface area contributed by atoms with Crippen molar-refractivity contribution in [1.29, 1.82) is 5.26 Å². The third-order valence-electron chi connectivity index (χ3n) is 1.35. The second kappa shape index (κ2) is 2.56. The van der Waals surface area contributed by atoms with Crippen LogP contribution in [0.25, 0.3) is 0 Å². The highest BCUT2D eigenvalue weighted by Gasteiger charge is 2.12. The van der Waals surface area contributed by atoms with Gasteiger partial charge in [0.1, 0.15) is 6.07 Å². The van der Waals surface area contributed by atoms with Crippen LogP contribution in [0.3, 0.4) is 0 Å². The topological polar surface area (TPSA) is 84.3 Å². The van der Waals surface area contributed by atoms with Gasteiger partial charge in [-0.05, 0) is 13.0 Å². The van der Waals surface area contributed by atoms with Gasteiger partial charge in [-0.1, -0.05) is 0 Å². The van der Waals surface area contributed by atoms with Crippen molar-refractivity contribution in [3.05, 3.63) is 23.0 Å². The minimum atomic E-state index is -0.352. The summed E-state index contributed by atoms with van der Waals surface area (Å²) in [5, 5.41) is 8.53. The van der Waals surface area contributed by atoms with Gasteiger partial charge in [-0.25, -0.2) is 4.79 Å². The highest BCUT2D eigenvalue weighted by molar-refractivity contribution is 5.86. The van der Waals surface area contributed by atoms with E-state index in [-0.39, 0.29) is 5.91 Å². The maximum atomic E-state index is 10.7. The second-order valence-electron chi connectivity index (χ2n) is 2.28. The fraction of sp³-hybridized carbons (Fsp3) is 0.143. The smallest absolute Gasteiger partial charge is 0.350 e. The van der Waals surface area contributed by atoms with Gasteiger partial charge in [0.05, 0.1) is 5.56 Å². The van der Waals surface area contributed by atoms with Gasteiger partial charge in [-0.3, -0.25) is 5.73 Å². The molecule has 1 aromatic rings. The first-order chi connectivity index (χ1) is 5.15. The standard InChI is InChI=1S/C7H7N3O/c1-4-2-5(3-8)6(10-4)7(9)11/h2,10H,1H3,(H2,9,11)/p+1. The van der Waals surface area contributed by atoms with E-state index in [0.717, 1.165) is 5.69 Å². The lowest BCUT2D eigenvalue weighted by atomic mass is 10.2. The summed E-state index contributed by atoms with van der Waals surface area (Å²) in [6.07, 6.45) is 0. The fourth-order valence-electron chi connectivity index (χ4n) is 0.897. The Kier molecular flexibility index (Phi) is 1.75. The number of H-pyrrole nitrogens is 1. The molecule has 4 nitrogen and oxygen atoms in total. The molecule has 1 heterocycles.